The number of likely N-dealkylation sites (N-methyl/N-ethyl adjacent to an activating group) is 1. The number of amides is 1. The van der Waals surface area contributed by atoms with Gasteiger partial charge in [-0.15, -0.1) is 0 Å². The van der Waals surface area contributed by atoms with E-state index in [1.807, 2.05) is 24.3 Å². The van der Waals surface area contributed by atoms with Crippen molar-refractivity contribution in [1.29, 1.82) is 0 Å². The van der Waals surface area contributed by atoms with Crippen LogP contribution in [0.3, 0.4) is 0 Å². The monoisotopic (exact) mass is 327 g/mol. The maximum absolute atomic E-state index is 12.5. The number of hydrogen-bond acceptors (Lipinski definition) is 5. The number of esters is 1. The van der Waals surface area contributed by atoms with Crippen molar-refractivity contribution in [2.75, 3.05) is 14.1 Å². The molecule has 1 aromatic carbocycles. The smallest absolute Gasteiger partial charge is 0.336 e. The van der Waals surface area contributed by atoms with E-state index in [4.69, 9.17) is 9.47 Å². The molecule has 0 saturated carbocycles. The molecule has 0 saturated heterocycles. The highest BCUT2D eigenvalue weighted by molar-refractivity contribution is 6.14. The van der Waals surface area contributed by atoms with E-state index in [1.54, 1.807) is 33.3 Å². The lowest BCUT2D eigenvalue weighted by atomic mass is 10.2. The van der Waals surface area contributed by atoms with Gasteiger partial charge in [-0.05, 0) is 13.0 Å². The zero-order chi connectivity index (χ0) is 17.3. The number of para-hydroxylation sites is 1. The van der Waals surface area contributed by atoms with E-state index in [2.05, 4.69) is 5.10 Å². The van der Waals surface area contributed by atoms with Crippen LogP contribution in [0.5, 0.6) is 0 Å². The molecule has 2 heterocycles. The van der Waals surface area contributed by atoms with Gasteiger partial charge in [-0.1, -0.05) is 18.2 Å². The van der Waals surface area contributed by atoms with Crippen molar-refractivity contribution in [3.8, 4) is 0 Å². The molecule has 1 aromatic heterocycles. The van der Waals surface area contributed by atoms with Crippen LogP contribution >= 0.6 is 0 Å². The number of aromatic nitrogens is 2. The first kappa shape index (κ1) is 15.8. The molecule has 0 bridgehead atoms. The molecule has 24 heavy (non-hydrogen) atoms. The van der Waals surface area contributed by atoms with Gasteiger partial charge in [0.2, 0.25) is 0 Å². The lowest BCUT2D eigenvalue weighted by Crippen LogP contribution is -2.26. The van der Waals surface area contributed by atoms with Crippen molar-refractivity contribution in [1.82, 2.24) is 14.7 Å². The summed E-state index contributed by atoms with van der Waals surface area (Å²) < 4.78 is 12.0. The fourth-order valence-corrected chi connectivity index (χ4v) is 2.29. The van der Waals surface area contributed by atoms with Crippen molar-refractivity contribution in [3.05, 3.63) is 48.4 Å². The molecular weight excluding hydrogens is 310 g/mol. The minimum Gasteiger partial charge on any atom is -0.456 e. The number of fused-ring (bicyclic) bond motifs is 1. The van der Waals surface area contributed by atoms with E-state index >= 15 is 0 Å². The van der Waals surface area contributed by atoms with Crippen LogP contribution < -0.4 is 0 Å². The standard InChI is InChI=1S/C17H17N3O4/c1-11-8-15(24-17(11)22)23-10-14(16(21)19(2)3)20-13-7-5-4-6-12(13)9-18-20/h4-10,15H,1-3H3/b14-10-. The Morgan fingerprint density at radius 1 is 1.38 bits per heavy atom. The van der Waals surface area contributed by atoms with Crippen LogP contribution in [0.15, 0.2) is 48.4 Å². The van der Waals surface area contributed by atoms with Gasteiger partial charge in [0.25, 0.3) is 12.2 Å². The van der Waals surface area contributed by atoms with Crippen molar-refractivity contribution >= 4 is 28.5 Å². The molecular formula is C17H17N3O4. The SMILES string of the molecule is CC1=CC(O/C=C(/C(=O)N(C)C)n2ncc3ccccc32)OC1=O. The summed E-state index contributed by atoms with van der Waals surface area (Å²) in [6, 6.07) is 7.53. The Balaban J connectivity index is 1.97. The molecule has 1 unspecified atom stereocenters. The zero-order valence-corrected chi connectivity index (χ0v) is 13.6. The van der Waals surface area contributed by atoms with Crippen LogP contribution in [0.4, 0.5) is 0 Å². The lowest BCUT2D eigenvalue weighted by Gasteiger charge is -2.15. The number of hydrogen-bond donors (Lipinski definition) is 0. The van der Waals surface area contributed by atoms with Crippen molar-refractivity contribution in [2.24, 2.45) is 0 Å². The summed E-state index contributed by atoms with van der Waals surface area (Å²) in [4.78, 5) is 25.3. The van der Waals surface area contributed by atoms with E-state index in [9.17, 15) is 9.59 Å². The summed E-state index contributed by atoms with van der Waals surface area (Å²) in [7, 11) is 3.28. The van der Waals surface area contributed by atoms with Gasteiger partial charge >= 0.3 is 5.97 Å². The van der Waals surface area contributed by atoms with Gasteiger partial charge in [-0.3, -0.25) is 4.79 Å². The summed E-state index contributed by atoms with van der Waals surface area (Å²) in [6.45, 7) is 1.64. The Hall–Kier alpha value is -3.09. The van der Waals surface area contributed by atoms with Crippen molar-refractivity contribution in [2.45, 2.75) is 13.2 Å². The number of benzene rings is 1. The van der Waals surface area contributed by atoms with Crippen molar-refractivity contribution < 1.29 is 19.1 Å². The molecule has 124 valence electrons. The number of ether oxygens (including phenoxy) is 2. The van der Waals surface area contributed by atoms with E-state index in [0.717, 1.165) is 10.9 Å². The predicted molar refractivity (Wildman–Crippen MR) is 87.4 cm³/mol. The number of carbonyl (C=O) groups is 2. The molecule has 1 aliphatic rings. The van der Waals surface area contributed by atoms with Gasteiger partial charge in [-0.2, -0.15) is 5.10 Å². The Morgan fingerprint density at radius 2 is 2.12 bits per heavy atom. The van der Waals surface area contributed by atoms with E-state index in [-0.39, 0.29) is 11.6 Å². The maximum atomic E-state index is 12.5. The van der Waals surface area contributed by atoms with Crippen LogP contribution in [0, 0.1) is 0 Å². The molecule has 1 amide bonds. The van der Waals surface area contributed by atoms with Gasteiger partial charge in [0.1, 0.15) is 6.26 Å². The first-order valence-electron chi connectivity index (χ1n) is 7.37. The first-order valence-corrected chi connectivity index (χ1v) is 7.37. The molecule has 0 N–H and O–H groups in total. The van der Waals surface area contributed by atoms with Crippen LogP contribution in [-0.4, -0.2) is 46.9 Å². The van der Waals surface area contributed by atoms with Crippen molar-refractivity contribution in [3.63, 3.8) is 0 Å². The average molecular weight is 327 g/mol. The van der Waals surface area contributed by atoms with E-state index in [1.165, 1.54) is 15.8 Å². The number of rotatable bonds is 4. The molecule has 3 rings (SSSR count). The lowest BCUT2D eigenvalue weighted by molar-refractivity contribution is -0.152. The topological polar surface area (TPSA) is 73.7 Å². The highest BCUT2D eigenvalue weighted by atomic mass is 16.7. The molecule has 2 aromatic rings. The molecule has 7 heteroatoms. The zero-order valence-electron chi connectivity index (χ0n) is 13.6. The molecule has 0 spiro atoms. The number of nitrogens with zero attached hydrogens (tertiary/aromatic N) is 3. The fourth-order valence-electron chi connectivity index (χ4n) is 2.29. The second-order valence-corrected chi connectivity index (χ2v) is 5.58. The maximum Gasteiger partial charge on any atom is 0.336 e. The summed E-state index contributed by atoms with van der Waals surface area (Å²) in [5, 5.41) is 5.17. The van der Waals surface area contributed by atoms with Gasteiger partial charge in [0.15, 0.2) is 5.70 Å². The van der Waals surface area contributed by atoms with Gasteiger partial charge in [0, 0.05) is 31.1 Å². The Bertz CT molecular complexity index is 864. The molecule has 7 nitrogen and oxygen atoms in total. The molecule has 1 atom stereocenters. The predicted octanol–water partition coefficient (Wildman–Crippen LogP) is 1.77. The first-order chi connectivity index (χ1) is 11.5. The Labute approximate surface area is 138 Å². The third kappa shape index (κ3) is 2.88. The van der Waals surface area contributed by atoms with E-state index < -0.39 is 12.3 Å². The van der Waals surface area contributed by atoms with Gasteiger partial charge in [0.05, 0.1) is 11.7 Å². The summed E-state index contributed by atoms with van der Waals surface area (Å²) in [6.07, 6.45) is 3.66. The van der Waals surface area contributed by atoms with Crippen LogP contribution in [0.25, 0.3) is 16.6 Å². The van der Waals surface area contributed by atoms with Crippen LogP contribution in [0.1, 0.15) is 6.92 Å². The van der Waals surface area contributed by atoms with Crippen LogP contribution in [-0.2, 0) is 19.1 Å². The molecule has 0 radical (unpaired) electrons. The number of cyclic esters (lactones) is 1. The summed E-state index contributed by atoms with van der Waals surface area (Å²) >= 11 is 0. The molecule has 0 fully saturated rings. The third-order valence-corrected chi connectivity index (χ3v) is 3.58. The third-order valence-electron chi connectivity index (χ3n) is 3.58. The van der Waals surface area contributed by atoms with Gasteiger partial charge in [-0.25, -0.2) is 9.48 Å². The molecule has 0 aliphatic carbocycles. The normalized spacial score (nSPS) is 17.6. The fraction of sp³-hybridized carbons (Fsp3) is 0.235. The van der Waals surface area contributed by atoms with Crippen LogP contribution in [0.2, 0.25) is 0 Å². The van der Waals surface area contributed by atoms with Gasteiger partial charge < -0.3 is 14.4 Å². The number of carbonyl (C=O) groups excluding carboxylic acids is 2. The summed E-state index contributed by atoms with van der Waals surface area (Å²) in [5.74, 6) is -0.715. The minimum atomic E-state index is -0.843. The quantitative estimate of drug-likeness (QED) is 0.486. The molecule has 1 aliphatic heterocycles. The van der Waals surface area contributed by atoms with E-state index in [0.29, 0.717) is 5.57 Å². The average Bonchev–Trinajstić information content (AvgIpc) is 3.11. The largest absolute Gasteiger partial charge is 0.456 e. The highest BCUT2D eigenvalue weighted by Gasteiger charge is 2.24. The minimum absolute atomic E-state index is 0.218. The summed E-state index contributed by atoms with van der Waals surface area (Å²) in [5.41, 5.74) is 1.46. The second-order valence-electron chi connectivity index (χ2n) is 5.58. The highest BCUT2D eigenvalue weighted by Crippen LogP contribution is 2.20. The second kappa shape index (κ2) is 6.19. The Kier molecular flexibility index (Phi) is 4.07. The Morgan fingerprint density at radius 3 is 2.79 bits per heavy atom.